The van der Waals surface area contributed by atoms with E-state index in [9.17, 15) is 0 Å². The Balaban J connectivity index is 2.11. The Morgan fingerprint density at radius 3 is 2.61 bits per heavy atom. The third-order valence-electron chi connectivity index (χ3n) is 3.23. The van der Waals surface area contributed by atoms with Gasteiger partial charge in [-0.3, -0.25) is 0 Å². The fourth-order valence-electron chi connectivity index (χ4n) is 2.12. The summed E-state index contributed by atoms with van der Waals surface area (Å²) in [6, 6.07) is 10.9. The molecule has 1 N–H and O–H groups in total. The Morgan fingerprint density at radius 2 is 1.83 bits per heavy atom. The number of rotatable bonds is 5. The highest BCUT2D eigenvalue weighted by Gasteiger charge is 2.07. The third-order valence-corrected chi connectivity index (χ3v) is 3.23. The van der Waals surface area contributed by atoms with Gasteiger partial charge in [-0.1, -0.05) is 38.1 Å². The quantitative estimate of drug-likeness (QED) is 0.836. The van der Waals surface area contributed by atoms with Gasteiger partial charge in [0.1, 0.15) is 5.82 Å². The number of benzene rings is 1. The minimum Gasteiger partial charge on any atom is -0.367 e. The van der Waals surface area contributed by atoms with Crippen LogP contribution >= 0.6 is 0 Å². The van der Waals surface area contributed by atoms with Crippen molar-refractivity contribution in [3.8, 4) is 0 Å². The first kappa shape index (κ1) is 12.9. The highest BCUT2D eigenvalue weighted by atomic mass is 15.0. The second kappa shape index (κ2) is 5.85. The Kier molecular flexibility index (Phi) is 4.19. The van der Waals surface area contributed by atoms with Crippen molar-refractivity contribution in [2.45, 2.75) is 39.7 Å². The van der Waals surface area contributed by atoms with Gasteiger partial charge in [0.05, 0.1) is 0 Å². The van der Waals surface area contributed by atoms with Crippen LogP contribution in [-0.2, 0) is 0 Å². The zero-order chi connectivity index (χ0) is 13.0. The summed E-state index contributed by atoms with van der Waals surface area (Å²) in [4.78, 5) is 4.46. The molecule has 18 heavy (non-hydrogen) atoms. The summed E-state index contributed by atoms with van der Waals surface area (Å²) in [5.74, 6) is 1.76. The van der Waals surface area contributed by atoms with Crippen LogP contribution in [0.4, 0.5) is 5.82 Å². The van der Waals surface area contributed by atoms with Crippen molar-refractivity contribution in [1.82, 2.24) is 4.98 Å². The molecule has 0 aliphatic carbocycles. The van der Waals surface area contributed by atoms with Crippen LogP contribution in [-0.4, -0.2) is 11.0 Å². The maximum Gasteiger partial charge on any atom is 0.134 e. The van der Waals surface area contributed by atoms with Gasteiger partial charge in [-0.2, -0.15) is 0 Å². The predicted molar refractivity (Wildman–Crippen MR) is 78.9 cm³/mol. The van der Waals surface area contributed by atoms with Crippen molar-refractivity contribution in [2.75, 3.05) is 5.32 Å². The van der Waals surface area contributed by atoms with Crippen molar-refractivity contribution in [1.29, 1.82) is 0 Å². The van der Waals surface area contributed by atoms with E-state index in [4.69, 9.17) is 0 Å². The second-order valence-corrected chi connectivity index (χ2v) is 5.40. The lowest BCUT2D eigenvalue weighted by Crippen LogP contribution is -2.16. The van der Waals surface area contributed by atoms with E-state index in [1.807, 2.05) is 6.20 Å². The van der Waals surface area contributed by atoms with Crippen molar-refractivity contribution < 1.29 is 0 Å². The third kappa shape index (κ3) is 3.22. The Bertz CT molecular complexity index is 500. The molecular formula is C16H22N2. The van der Waals surface area contributed by atoms with Crippen LogP contribution in [0.3, 0.4) is 0 Å². The van der Waals surface area contributed by atoms with Gasteiger partial charge < -0.3 is 5.32 Å². The van der Waals surface area contributed by atoms with Gasteiger partial charge in [0.25, 0.3) is 0 Å². The van der Waals surface area contributed by atoms with Gasteiger partial charge in [0, 0.05) is 17.6 Å². The number of pyridine rings is 1. The summed E-state index contributed by atoms with van der Waals surface area (Å²) in [5, 5.41) is 5.98. The van der Waals surface area contributed by atoms with Crippen molar-refractivity contribution in [3.63, 3.8) is 0 Å². The number of fused-ring (bicyclic) bond motifs is 1. The first-order valence-electron chi connectivity index (χ1n) is 6.77. The summed E-state index contributed by atoms with van der Waals surface area (Å²) in [6.07, 6.45) is 4.31. The highest BCUT2D eigenvalue weighted by molar-refractivity contribution is 5.91. The molecule has 2 rings (SSSR count). The van der Waals surface area contributed by atoms with Crippen LogP contribution in [0.2, 0.25) is 0 Å². The van der Waals surface area contributed by atoms with Gasteiger partial charge in [0.15, 0.2) is 0 Å². The summed E-state index contributed by atoms with van der Waals surface area (Å²) in [5.41, 5.74) is 0. The molecule has 0 spiro atoms. The van der Waals surface area contributed by atoms with Crippen LogP contribution in [0.1, 0.15) is 33.6 Å². The van der Waals surface area contributed by atoms with Crippen LogP contribution in [0.15, 0.2) is 36.5 Å². The number of anilines is 1. The molecule has 0 amide bonds. The smallest absolute Gasteiger partial charge is 0.134 e. The maximum absolute atomic E-state index is 4.46. The summed E-state index contributed by atoms with van der Waals surface area (Å²) >= 11 is 0. The van der Waals surface area contributed by atoms with E-state index in [2.05, 4.69) is 61.4 Å². The molecule has 0 bridgehead atoms. The van der Waals surface area contributed by atoms with Crippen LogP contribution in [0.5, 0.6) is 0 Å². The normalized spacial score (nSPS) is 12.9. The van der Waals surface area contributed by atoms with E-state index in [1.54, 1.807) is 0 Å². The van der Waals surface area contributed by atoms with Gasteiger partial charge in [-0.15, -0.1) is 0 Å². The van der Waals surface area contributed by atoms with Crippen LogP contribution in [0.25, 0.3) is 10.8 Å². The van der Waals surface area contributed by atoms with Gasteiger partial charge >= 0.3 is 0 Å². The Hall–Kier alpha value is -1.57. The minimum absolute atomic E-state index is 0.464. The first-order chi connectivity index (χ1) is 8.66. The number of hydrogen-bond acceptors (Lipinski definition) is 2. The SMILES string of the molecule is CC(C)CCC(C)Nc1nccc2ccccc12. The monoisotopic (exact) mass is 242 g/mol. The second-order valence-electron chi connectivity index (χ2n) is 5.40. The average molecular weight is 242 g/mol. The van der Waals surface area contributed by atoms with E-state index in [-0.39, 0.29) is 0 Å². The molecule has 0 fully saturated rings. The van der Waals surface area contributed by atoms with Crippen molar-refractivity contribution >= 4 is 16.6 Å². The lowest BCUT2D eigenvalue weighted by atomic mass is 10.0. The molecule has 0 saturated heterocycles. The first-order valence-corrected chi connectivity index (χ1v) is 6.77. The average Bonchev–Trinajstić information content (AvgIpc) is 2.37. The molecule has 1 aromatic carbocycles. The number of aromatic nitrogens is 1. The molecule has 96 valence electrons. The van der Waals surface area contributed by atoms with E-state index < -0.39 is 0 Å². The van der Waals surface area contributed by atoms with Crippen LogP contribution < -0.4 is 5.32 Å². The van der Waals surface area contributed by atoms with E-state index in [1.165, 1.54) is 23.6 Å². The van der Waals surface area contributed by atoms with Crippen molar-refractivity contribution in [2.24, 2.45) is 5.92 Å². The Morgan fingerprint density at radius 1 is 1.06 bits per heavy atom. The van der Waals surface area contributed by atoms with E-state index >= 15 is 0 Å². The molecule has 2 aromatic rings. The van der Waals surface area contributed by atoms with Crippen molar-refractivity contribution in [3.05, 3.63) is 36.5 Å². The molecule has 1 unspecified atom stereocenters. The number of nitrogens with zero attached hydrogens (tertiary/aromatic N) is 1. The van der Waals surface area contributed by atoms with Gasteiger partial charge in [0.2, 0.25) is 0 Å². The standard InChI is InChI=1S/C16H22N2/c1-12(2)8-9-13(3)18-16-15-7-5-4-6-14(15)10-11-17-16/h4-7,10-13H,8-9H2,1-3H3,(H,17,18). The van der Waals surface area contributed by atoms with Crippen LogP contribution in [0, 0.1) is 5.92 Å². The molecule has 0 aliphatic heterocycles. The fraction of sp³-hybridized carbons (Fsp3) is 0.438. The van der Waals surface area contributed by atoms with Gasteiger partial charge in [-0.25, -0.2) is 4.98 Å². The topological polar surface area (TPSA) is 24.9 Å². The lowest BCUT2D eigenvalue weighted by molar-refractivity contribution is 0.527. The number of hydrogen-bond donors (Lipinski definition) is 1. The van der Waals surface area contributed by atoms with E-state index in [0.29, 0.717) is 6.04 Å². The summed E-state index contributed by atoms with van der Waals surface area (Å²) in [7, 11) is 0. The molecule has 1 atom stereocenters. The largest absolute Gasteiger partial charge is 0.367 e. The molecule has 1 heterocycles. The fourth-order valence-corrected chi connectivity index (χ4v) is 2.12. The Labute approximate surface area is 109 Å². The van der Waals surface area contributed by atoms with Gasteiger partial charge in [-0.05, 0) is 37.1 Å². The van der Waals surface area contributed by atoms with E-state index in [0.717, 1.165) is 11.7 Å². The maximum atomic E-state index is 4.46. The molecule has 0 saturated carbocycles. The summed E-state index contributed by atoms with van der Waals surface area (Å²) in [6.45, 7) is 6.76. The molecular weight excluding hydrogens is 220 g/mol. The molecule has 1 aromatic heterocycles. The zero-order valence-electron chi connectivity index (χ0n) is 11.5. The predicted octanol–water partition coefficient (Wildman–Crippen LogP) is 4.47. The lowest BCUT2D eigenvalue weighted by Gasteiger charge is -2.16. The minimum atomic E-state index is 0.464. The molecule has 2 nitrogen and oxygen atoms in total. The number of nitrogens with one attached hydrogen (secondary N) is 1. The molecule has 0 radical (unpaired) electrons. The highest BCUT2D eigenvalue weighted by Crippen LogP contribution is 2.21. The summed E-state index contributed by atoms with van der Waals surface area (Å²) < 4.78 is 0. The molecule has 2 heteroatoms. The zero-order valence-corrected chi connectivity index (χ0v) is 11.5. The molecule has 0 aliphatic rings.